The number of hydrogen-bond acceptors (Lipinski definition) is 6. The third kappa shape index (κ3) is 3.60. The number of rotatable bonds is 4. The summed E-state index contributed by atoms with van der Waals surface area (Å²) in [4.78, 5) is 21.0. The summed E-state index contributed by atoms with van der Waals surface area (Å²) in [6, 6.07) is 9.97. The van der Waals surface area contributed by atoms with Crippen LogP contribution in [0.3, 0.4) is 0 Å². The number of carbonyl (C=O) groups is 1. The van der Waals surface area contributed by atoms with Crippen molar-refractivity contribution in [3.8, 4) is 11.4 Å². The molecule has 1 saturated heterocycles. The Morgan fingerprint density at radius 2 is 1.85 bits per heavy atom. The monoisotopic (exact) mass is 349 g/mol. The lowest BCUT2D eigenvalue weighted by molar-refractivity contribution is 0.102. The standard InChI is InChI=1S/C18H19N7O/c26-18(16-12-25(24-23-16)15-6-8-19-9-7-15)22-14-10-20-17(21-11-14)13-4-2-1-3-5-13/h1-5,10-12,15,19H,6-9H2,(H,22,26). The maximum absolute atomic E-state index is 12.4. The molecular formula is C18H19N7O. The highest BCUT2D eigenvalue weighted by molar-refractivity contribution is 6.02. The van der Waals surface area contributed by atoms with E-state index in [1.807, 2.05) is 30.3 Å². The fraction of sp³-hybridized carbons (Fsp3) is 0.278. The lowest BCUT2D eigenvalue weighted by Crippen LogP contribution is -2.29. The molecule has 1 fully saturated rings. The van der Waals surface area contributed by atoms with Gasteiger partial charge < -0.3 is 10.6 Å². The summed E-state index contributed by atoms with van der Waals surface area (Å²) in [6.45, 7) is 1.91. The summed E-state index contributed by atoms with van der Waals surface area (Å²) in [5.41, 5.74) is 1.73. The van der Waals surface area contributed by atoms with Crippen LogP contribution in [0.1, 0.15) is 29.4 Å². The highest BCUT2D eigenvalue weighted by Gasteiger charge is 2.19. The number of aromatic nitrogens is 5. The summed E-state index contributed by atoms with van der Waals surface area (Å²) >= 11 is 0. The third-order valence-corrected chi connectivity index (χ3v) is 4.37. The van der Waals surface area contributed by atoms with E-state index in [1.54, 1.807) is 23.3 Å². The molecule has 1 aliphatic heterocycles. The largest absolute Gasteiger partial charge is 0.318 e. The first-order chi connectivity index (χ1) is 12.8. The van der Waals surface area contributed by atoms with Gasteiger partial charge >= 0.3 is 0 Å². The van der Waals surface area contributed by atoms with Crippen molar-refractivity contribution in [1.29, 1.82) is 0 Å². The predicted octanol–water partition coefficient (Wildman–Crippen LogP) is 1.91. The second-order valence-electron chi connectivity index (χ2n) is 6.18. The van der Waals surface area contributed by atoms with Gasteiger partial charge in [0.15, 0.2) is 11.5 Å². The Bertz CT molecular complexity index is 870. The van der Waals surface area contributed by atoms with Gasteiger partial charge in [0.25, 0.3) is 5.91 Å². The maximum Gasteiger partial charge on any atom is 0.277 e. The average Bonchev–Trinajstić information content (AvgIpc) is 3.20. The zero-order valence-corrected chi connectivity index (χ0v) is 14.2. The van der Waals surface area contributed by atoms with E-state index in [4.69, 9.17) is 0 Å². The first-order valence-corrected chi connectivity index (χ1v) is 8.61. The van der Waals surface area contributed by atoms with E-state index in [1.165, 1.54) is 0 Å². The first-order valence-electron chi connectivity index (χ1n) is 8.61. The fourth-order valence-electron chi connectivity index (χ4n) is 2.95. The number of amides is 1. The van der Waals surface area contributed by atoms with E-state index in [-0.39, 0.29) is 11.6 Å². The summed E-state index contributed by atoms with van der Waals surface area (Å²) in [5, 5.41) is 14.2. The number of benzene rings is 1. The van der Waals surface area contributed by atoms with Crippen molar-refractivity contribution in [2.45, 2.75) is 18.9 Å². The molecule has 132 valence electrons. The van der Waals surface area contributed by atoms with Gasteiger partial charge in [0.2, 0.25) is 0 Å². The summed E-state index contributed by atoms with van der Waals surface area (Å²) < 4.78 is 1.78. The Balaban J connectivity index is 1.42. The number of nitrogens with zero attached hydrogens (tertiary/aromatic N) is 5. The minimum absolute atomic E-state index is 0.288. The van der Waals surface area contributed by atoms with E-state index in [9.17, 15) is 4.79 Å². The van der Waals surface area contributed by atoms with Crippen molar-refractivity contribution in [3.05, 3.63) is 54.6 Å². The number of hydrogen-bond donors (Lipinski definition) is 2. The Morgan fingerprint density at radius 1 is 1.12 bits per heavy atom. The minimum Gasteiger partial charge on any atom is -0.318 e. The van der Waals surface area contributed by atoms with Crippen molar-refractivity contribution in [2.75, 3.05) is 18.4 Å². The van der Waals surface area contributed by atoms with E-state index < -0.39 is 0 Å². The molecule has 26 heavy (non-hydrogen) atoms. The molecule has 2 N–H and O–H groups in total. The Hall–Kier alpha value is -3.13. The molecule has 0 bridgehead atoms. The molecule has 8 nitrogen and oxygen atoms in total. The van der Waals surface area contributed by atoms with Crippen LogP contribution in [0.5, 0.6) is 0 Å². The minimum atomic E-state index is -0.318. The van der Waals surface area contributed by atoms with Gasteiger partial charge in [-0.15, -0.1) is 5.10 Å². The molecule has 3 heterocycles. The molecule has 0 unspecified atom stereocenters. The van der Waals surface area contributed by atoms with Crippen LogP contribution in [0.25, 0.3) is 11.4 Å². The second-order valence-corrected chi connectivity index (χ2v) is 6.18. The fourth-order valence-corrected chi connectivity index (χ4v) is 2.95. The summed E-state index contributed by atoms with van der Waals surface area (Å²) in [7, 11) is 0. The number of anilines is 1. The van der Waals surface area contributed by atoms with E-state index in [0.29, 0.717) is 17.6 Å². The Kier molecular flexibility index (Phi) is 4.65. The van der Waals surface area contributed by atoms with Crippen LogP contribution in [0, 0.1) is 0 Å². The van der Waals surface area contributed by atoms with Gasteiger partial charge in [-0.2, -0.15) is 0 Å². The van der Waals surface area contributed by atoms with Gasteiger partial charge in [-0.05, 0) is 25.9 Å². The third-order valence-electron chi connectivity index (χ3n) is 4.37. The van der Waals surface area contributed by atoms with Gasteiger partial charge in [-0.25, -0.2) is 14.6 Å². The van der Waals surface area contributed by atoms with Crippen molar-refractivity contribution in [2.24, 2.45) is 0 Å². The SMILES string of the molecule is O=C(Nc1cnc(-c2ccccc2)nc1)c1cn(C2CCNCC2)nn1. The molecule has 0 saturated carbocycles. The molecule has 4 rings (SSSR count). The van der Waals surface area contributed by atoms with Crippen molar-refractivity contribution >= 4 is 11.6 Å². The summed E-state index contributed by atoms with van der Waals surface area (Å²) in [6.07, 6.45) is 6.85. The second kappa shape index (κ2) is 7.40. The normalized spacial score (nSPS) is 14.9. The number of piperidine rings is 1. The summed E-state index contributed by atoms with van der Waals surface area (Å²) in [5.74, 6) is 0.293. The van der Waals surface area contributed by atoms with Crippen LogP contribution < -0.4 is 10.6 Å². The van der Waals surface area contributed by atoms with Crippen molar-refractivity contribution in [1.82, 2.24) is 30.3 Å². The Morgan fingerprint density at radius 3 is 2.58 bits per heavy atom. The van der Waals surface area contributed by atoms with Gasteiger partial charge in [0.1, 0.15) is 0 Å². The molecule has 3 aromatic rings. The van der Waals surface area contributed by atoms with Gasteiger partial charge in [0.05, 0.1) is 30.3 Å². The highest BCUT2D eigenvalue weighted by atomic mass is 16.2. The molecule has 8 heteroatoms. The lowest BCUT2D eigenvalue weighted by atomic mass is 10.1. The molecule has 0 radical (unpaired) electrons. The van der Waals surface area contributed by atoms with Crippen LogP contribution in [-0.4, -0.2) is 44.0 Å². The van der Waals surface area contributed by atoms with Crippen LogP contribution >= 0.6 is 0 Å². The van der Waals surface area contributed by atoms with E-state index >= 15 is 0 Å². The van der Waals surface area contributed by atoms with Gasteiger partial charge in [-0.1, -0.05) is 35.5 Å². The van der Waals surface area contributed by atoms with Crippen molar-refractivity contribution < 1.29 is 4.79 Å². The maximum atomic E-state index is 12.4. The average molecular weight is 349 g/mol. The molecule has 0 atom stereocenters. The van der Waals surface area contributed by atoms with Crippen LogP contribution in [-0.2, 0) is 0 Å². The predicted molar refractivity (Wildman–Crippen MR) is 96.6 cm³/mol. The van der Waals surface area contributed by atoms with Crippen molar-refractivity contribution in [3.63, 3.8) is 0 Å². The quantitative estimate of drug-likeness (QED) is 0.747. The topological polar surface area (TPSA) is 97.6 Å². The smallest absolute Gasteiger partial charge is 0.277 e. The van der Waals surface area contributed by atoms with Crippen LogP contribution in [0.4, 0.5) is 5.69 Å². The zero-order valence-electron chi connectivity index (χ0n) is 14.2. The van der Waals surface area contributed by atoms with Gasteiger partial charge in [0, 0.05) is 5.56 Å². The molecular weight excluding hydrogens is 330 g/mol. The van der Waals surface area contributed by atoms with Gasteiger partial charge in [-0.3, -0.25) is 4.79 Å². The first kappa shape index (κ1) is 16.3. The molecule has 1 aromatic carbocycles. The lowest BCUT2D eigenvalue weighted by Gasteiger charge is -2.22. The number of carbonyl (C=O) groups excluding carboxylic acids is 1. The molecule has 1 amide bonds. The Labute approximate surface area is 150 Å². The van der Waals surface area contributed by atoms with E-state index in [0.717, 1.165) is 31.5 Å². The molecule has 0 spiro atoms. The van der Waals surface area contributed by atoms with Crippen LogP contribution in [0.15, 0.2) is 48.9 Å². The van der Waals surface area contributed by atoms with E-state index in [2.05, 4.69) is 30.9 Å². The molecule has 0 aliphatic carbocycles. The van der Waals surface area contributed by atoms with Crippen LogP contribution in [0.2, 0.25) is 0 Å². The highest BCUT2D eigenvalue weighted by Crippen LogP contribution is 2.18. The zero-order chi connectivity index (χ0) is 17.8. The number of nitrogens with one attached hydrogen (secondary N) is 2. The molecule has 1 aliphatic rings. The molecule has 2 aromatic heterocycles.